The lowest BCUT2D eigenvalue weighted by Crippen LogP contribution is -2.48. The van der Waals surface area contributed by atoms with Gasteiger partial charge in [0.25, 0.3) is 0 Å². The van der Waals surface area contributed by atoms with E-state index in [1.165, 1.54) is 26.4 Å². The Hall–Kier alpha value is -1.59. The van der Waals surface area contributed by atoms with Crippen LogP contribution < -0.4 is 4.74 Å². The van der Waals surface area contributed by atoms with Gasteiger partial charge in [0.05, 0.1) is 12.7 Å². The lowest BCUT2D eigenvalue weighted by molar-refractivity contribution is 0.0209. The first-order valence-corrected chi connectivity index (χ1v) is 8.26. The maximum atomic E-state index is 11.4. The summed E-state index contributed by atoms with van der Waals surface area (Å²) in [5.74, 6) is 0.265. The molecular weight excluding hydrogens is 294 g/mol. The van der Waals surface area contributed by atoms with Gasteiger partial charge in [-0.15, -0.1) is 0 Å². The van der Waals surface area contributed by atoms with E-state index in [9.17, 15) is 9.90 Å². The number of rotatable bonds is 6. The van der Waals surface area contributed by atoms with E-state index in [0.29, 0.717) is 29.9 Å². The fourth-order valence-electron chi connectivity index (χ4n) is 3.13. The number of β-amino-alcohol motifs (C(OH)–C–C–N with tert-alkyl or cyclic N) is 1. The molecule has 1 aromatic rings. The number of aliphatic hydroxyl groups is 1. The fourth-order valence-corrected chi connectivity index (χ4v) is 3.13. The van der Waals surface area contributed by atoms with Crippen molar-refractivity contribution in [3.8, 4) is 5.75 Å². The molecule has 0 aliphatic carbocycles. The molecule has 23 heavy (non-hydrogen) atoms. The second kappa shape index (κ2) is 8.31. The van der Waals surface area contributed by atoms with Gasteiger partial charge in [-0.3, -0.25) is 4.90 Å². The summed E-state index contributed by atoms with van der Waals surface area (Å²) in [7, 11) is 1.35. The van der Waals surface area contributed by atoms with Crippen LogP contribution in [0.25, 0.3) is 0 Å². The van der Waals surface area contributed by atoms with Crippen molar-refractivity contribution in [3.05, 3.63) is 29.8 Å². The summed E-state index contributed by atoms with van der Waals surface area (Å²) in [6.07, 6.45) is 3.11. The van der Waals surface area contributed by atoms with Crippen molar-refractivity contribution in [3.63, 3.8) is 0 Å². The van der Waals surface area contributed by atoms with Crippen molar-refractivity contribution in [2.75, 3.05) is 20.3 Å². The lowest BCUT2D eigenvalue weighted by atomic mass is 9.97. The van der Waals surface area contributed by atoms with Crippen LogP contribution in [0, 0.1) is 0 Å². The topological polar surface area (TPSA) is 59.0 Å². The zero-order valence-corrected chi connectivity index (χ0v) is 14.2. The minimum absolute atomic E-state index is 0.244. The SMILES string of the molecule is COC(=O)c1ccc(OC[C@H](O)CN2[C@@H](C)CCC[C@@H]2C)cc1. The van der Waals surface area contributed by atoms with Gasteiger partial charge >= 0.3 is 5.97 Å². The Balaban J connectivity index is 1.81. The fraction of sp³-hybridized carbons (Fsp3) is 0.611. The summed E-state index contributed by atoms with van der Waals surface area (Å²) in [6, 6.07) is 7.75. The number of benzene rings is 1. The third-order valence-corrected chi connectivity index (χ3v) is 4.52. The molecule has 0 bridgehead atoms. The first kappa shape index (κ1) is 17.8. The van der Waals surface area contributed by atoms with Gasteiger partial charge in [-0.05, 0) is 51.0 Å². The molecule has 3 atom stereocenters. The Bertz CT molecular complexity index is 492. The molecular formula is C18H27NO4. The van der Waals surface area contributed by atoms with Gasteiger partial charge in [-0.2, -0.15) is 0 Å². The molecule has 0 amide bonds. The van der Waals surface area contributed by atoms with Gasteiger partial charge < -0.3 is 14.6 Å². The Morgan fingerprint density at radius 1 is 1.26 bits per heavy atom. The third kappa shape index (κ3) is 4.94. The molecule has 1 fully saturated rings. The Labute approximate surface area is 138 Å². The van der Waals surface area contributed by atoms with Gasteiger partial charge in [0.2, 0.25) is 0 Å². The van der Waals surface area contributed by atoms with E-state index in [1.807, 2.05) is 0 Å². The molecule has 1 heterocycles. The number of carbonyl (C=O) groups excluding carboxylic acids is 1. The maximum absolute atomic E-state index is 11.4. The number of ether oxygens (including phenoxy) is 2. The van der Waals surface area contributed by atoms with Gasteiger partial charge in [-0.25, -0.2) is 4.79 Å². The normalized spacial score (nSPS) is 23.3. The molecule has 5 nitrogen and oxygen atoms in total. The molecule has 128 valence electrons. The van der Waals surface area contributed by atoms with Crippen LogP contribution in [-0.4, -0.2) is 54.4 Å². The Morgan fingerprint density at radius 2 is 1.87 bits per heavy atom. The first-order chi connectivity index (χ1) is 11.0. The zero-order chi connectivity index (χ0) is 16.8. The van der Waals surface area contributed by atoms with E-state index < -0.39 is 6.10 Å². The Kier molecular flexibility index (Phi) is 6.42. The smallest absolute Gasteiger partial charge is 0.337 e. The predicted octanol–water partition coefficient (Wildman–Crippen LogP) is 2.48. The summed E-state index contributed by atoms with van der Waals surface area (Å²) in [5, 5.41) is 10.2. The van der Waals surface area contributed by atoms with Crippen molar-refractivity contribution in [2.24, 2.45) is 0 Å². The summed E-state index contributed by atoms with van der Waals surface area (Å²) in [4.78, 5) is 13.7. The third-order valence-electron chi connectivity index (χ3n) is 4.52. The van der Waals surface area contributed by atoms with Crippen LogP contribution >= 0.6 is 0 Å². The van der Waals surface area contributed by atoms with Crippen LogP contribution in [-0.2, 0) is 4.74 Å². The number of piperidine rings is 1. The number of carbonyl (C=O) groups is 1. The van der Waals surface area contributed by atoms with E-state index in [-0.39, 0.29) is 12.6 Å². The van der Waals surface area contributed by atoms with Crippen LogP contribution in [0.5, 0.6) is 5.75 Å². The number of hydrogen-bond acceptors (Lipinski definition) is 5. The Morgan fingerprint density at radius 3 is 2.43 bits per heavy atom. The highest BCUT2D eigenvalue weighted by molar-refractivity contribution is 5.89. The first-order valence-electron chi connectivity index (χ1n) is 8.26. The van der Waals surface area contributed by atoms with Crippen molar-refractivity contribution in [1.82, 2.24) is 4.90 Å². The molecule has 0 unspecified atom stereocenters. The molecule has 1 N–H and O–H groups in total. The van der Waals surface area contributed by atoms with Gasteiger partial charge in [0.15, 0.2) is 0 Å². The number of methoxy groups -OCH3 is 1. The second-order valence-electron chi connectivity index (χ2n) is 6.31. The monoisotopic (exact) mass is 321 g/mol. The molecule has 0 aromatic heterocycles. The number of aliphatic hydroxyl groups excluding tert-OH is 1. The molecule has 0 spiro atoms. The summed E-state index contributed by atoms with van der Waals surface area (Å²) in [5.41, 5.74) is 0.483. The average Bonchev–Trinajstić information content (AvgIpc) is 2.56. The van der Waals surface area contributed by atoms with Crippen LogP contribution in [0.2, 0.25) is 0 Å². The molecule has 1 aliphatic rings. The summed E-state index contributed by atoms with van der Waals surface area (Å²) in [6.45, 7) is 5.31. The van der Waals surface area contributed by atoms with Crippen LogP contribution in [0.4, 0.5) is 0 Å². The highest BCUT2D eigenvalue weighted by Gasteiger charge is 2.26. The second-order valence-corrected chi connectivity index (χ2v) is 6.31. The quantitative estimate of drug-likeness (QED) is 0.816. The molecule has 0 radical (unpaired) electrons. The van der Waals surface area contributed by atoms with Crippen LogP contribution in [0.1, 0.15) is 43.5 Å². The van der Waals surface area contributed by atoms with Crippen molar-refractivity contribution < 1.29 is 19.4 Å². The van der Waals surface area contributed by atoms with E-state index in [4.69, 9.17) is 4.74 Å². The highest BCUT2D eigenvalue weighted by Crippen LogP contribution is 2.22. The number of hydrogen-bond donors (Lipinski definition) is 1. The van der Waals surface area contributed by atoms with Gasteiger partial charge in [0.1, 0.15) is 18.5 Å². The molecule has 0 saturated carbocycles. The average molecular weight is 321 g/mol. The van der Waals surface area contributed by atoms with Crippen LogP contribution in [0.15, 0.2) is 24.3 Å². The van der Waals surface area contributed by atoms with E-state index in [0.717, 1.165) is 0 Å². The van der Waals surface area contributed by atoms with E-state index in [1.54, 1.807) is 24.3 Å². The van der Waals surface area contributed by atoms with Crippen molar-refractivity contribution in [2.45, 2.75) is 51.3 Å². The molecule has 1 aliphatic heterocycles. The zero-order valence-electron chi connectivity index (χ0n) is 14.2. The number of esters is 1. The number of nitrogens with zero attached hydrogens (tertiary/aromatic N) is 1. The molecule has 1 saturated heterocycles. The van der Waals surface area contributed by atoms with Gasteiger partial charge in [-0.1, -0.05) is 6.42 Å². The summed E-state index contributed by atoms with van der Waals surface area (Å²) < 4.78 is 10.3. The highest BCUT2D eigenvalue weighted by atomic mass is 16.5. The van der Waals surface area contributed by atoms with E-state index >= 15 is 0 Å². The minimum Gasteiger partial charge on any atom is -0.491 e. The van der Waals surface area contributed by atoms with Crippen LogP contribution in [0.3, 0.4) is 0 Å². The minimum atomic E-state index is -0.529. The lowest BCUT2D eigenvalue weighted by Gasteiger charge is -2.40. The van der Waals surface area contributed by atoms with Crippen molar-refractivity contribution >= 4 is 5.97 Å². The molecule has 5 heteroatoms. The van der Waals surface area contributed by atoms with Gasteiger partial charge in [0, 0.05) is 18.6 Å². The maximum Gasteiger partial charge on any atom is 0.337 e. The standard InChI is InChI=1S/C18H27NO4/c1-13-5-4-6-14(2)19(13)11-16(20)12-23-17-9-7-15(8-10-17)18(21)22-3/h7-10,13-14,16,20H,4-6,11-12H2,1-3H3/t13-,14-,16+/m0/s1. The predicted molar refractivity (Wildman–Crippen MR) is 88.8 cm³/mol. The molecule has 1 aromatic carbocycles. The molecule has 2 rings (SSSR count). The van der Waals surface area contributed by atoms with E-state index in [2.05, 4.69) is 23.5 Å². The summed E-state index contributed by atoms with van der Waals surface area (Å²) >= 11 is 0. The van der Waals surface area contributed by atoms with Crippen molar-refractivity contribution in [1.29, 1.82) is 0 Å². The largest absolute Gasteiger partial charge is 0.491 e. The number of likely N-dealkylation sites (tertiary alicyclic amines) is 1.